The van der Waals surface area contributed by atoms with Crippen molar-refractivity contribution >= 4 is 5.91 Å². The molecule has 3 aromatic rings. The molecule has 2 N–H and O–H groups in total. The lowest BCUT2D eigenvalue weighted by atomic mass is 10.3. The van der Waals surface area contributed by atoms with E-state index in [2.05, 4.69) is 20.6 Å². The van der Waals surface area contributed by atoms with Crippen molar-refractivity contribution in [2.24, 2.45) is 0 Å². The van der Waals surface area contributed by atoms with Crippen LogP contribution >= 0.6 is 0 Å². The molecule has 0 atom stereocenters. The van der Waals surface area contributed by atoms with E-state index < -0.39 is 0 Å². The number of para-hydroxylation sites is 2. The van der Waals surface area contributed by atoms with Crippen molar-refractivity contribution in [1.82, 2.24) is 25.3 Å². The molecule has 1 aromatic carbocycles. The van der Waals surface area contributed by atoms with Crippen LogP contribution in [0.2, 0.25) is 0 Å². The lowest BCUT2D eigenvalue weighted by Crippen LogP contribution is -2.22. The van der Waals surface area contributed by atoms with Crippen LogP contribution in [0.15, 0.2) is 42.7 Å². The zero-order chi connectivity index (χ0) is 17.6. The van der Waals surface area contributed by atoms with Crippen LogP contribution in [-0.4, -0.2) is 40.1 Å². The molecular formula is C17H19N5O3. The number of aromatic nitrogens is 4. The average molecular weight is 341 g/mol. The zero-order valence-electron chi connectivity index (χ0n) is 14.0. The van der Waals surface area contributed by atoms with Crippen LogP contribution in [0, 0.1) is 0 Å². The van der Waals surface area contributed by atoms with Gasteiger partial charge in [-0.05, 0) is 18.2 Å². The van der Waals surface area contributed by atoms with Crippen molar-refractivity contribution in [1.29, 1.82) is 0 Å². The lowest BCUT2D eigenvalue weighted by Gasteiger charge is -2.07. The molecular weight excluding hydrogens is 322 g/mol. The van der Waals surface area contributed by atoms with Gasteiger partial charge in [-0.2, -0.15) is 10.2 Å². The summed E-state index contributed by atoms with van der Waals surface area (Å²) in [5.74, 6) is 0.463. The number of carbonyl (C=O) groups excluding carboxylic acids is 1. The number of aromatic amines is 1. The highest BCUT2D eigenvalue weighted by molar-refractivity contribution is 5.93. The second kappa shape index (κ2) is 7.63. The number of methoxy groups -OCH3 is 2. The van der Waals surface area contributed by atoms with E-state index in [-0.39, 0.29) is 5.91 Å². The molecule has 0 spiro atoms. The number of rotatable bonds is 7. The molecule has 8 heteroatoms. The van der Waals surface area contributed by atoms with Gasteiger partial charge < -0.3 is 14.8 Å². The molecule has 0 saturated carbocycles. The molecule has 0 radical (unpaired) electrons. The summed E-state index contributed by atoms with van der Waals surface area (Å²) in [4.78, 5) is 12.3. The molecule has 0 unspecified atom stereocenters. The predicted octanol–water partition coefficient (Wildman–Crippen LogP) is 1.68. The summed E-state index contributed by atoms with van der Waals surface area (Å²) >= 11 is 0. The fourth-order valence-electron chi connectivity index (χ4n) is 2.39. The molecule has 0 aliphatic carbocycles. The number of carbonyl (C=O) groups is 1. The van der Waals surface area contributed by atoms with E-state index in [1.165, 1.54) is 6.20 Å². The minimum Gasteiger partial charge on any atom is -0.494 e. The third-order valence-corrected chi connectivity index (χ3v) is 3.59. The first kappa shape index (κ1) is 16.7. The quantitative estimate of drug-likeness (QED) is 0.682. The maximum Gasteiger partial charge on any atom is 0.254 e. The number of H-pyrrole nitrogens is 1. The average Bonchev–Trinajstić information content (AvgIpc) is 3.29. The molecule has 25 heavy (non-hydrogen) atoms. The van der Waals surface area contributed by atoms with Gasteiger partial charge in [0.25, 0.3) is 5.91 Å². The second-order valence-electron chi connectivity index (χ2n) is 5.35. The van der Waals surface area contributed by atoms with Crippen molar-refractivity contribution in [3.05, 3.63) is 59.7 Å². The number of amides is 1. The van der Waals surface area contributed by atoms with Crippen molar-refractivity contribution in [3.8, 4) is 11.4 Å². The van der Waals surface area contributed by atoms with E-state index in [9.17, 15) is 4.79 Å². The number of hydrogen-bond donors (Lipinski definition) is 2. The van der Waals surface area contributed by atoms with Gasteiger partial charge in [0.05, 0.1) is 43.4 Å². The number of ether oxygens (including phenoxy) is 2. The normalized spacial score (nSPS) is 10.6. The zero-order valence-corrected chi connectivity index (χ0v) is 14.0. The minimum absolute atomic E-state index is 0.218. The largest absolute Gasteiger partial charge is 0.494 e. The number of nitrogens with one attached hydrogen (secondary N) is 2. The van der Waals surface area contributed by atoms with Crippen molar-refractivity contribution in [3.63, 3.8) is 0 Å². The molecule has 3 rings (SSSR count). The van der Waals surface area contributed by atoms with Crippen LogP contribution < -0.4 is 10.1 Å². The Morgan fingerprint density at radius 2 is 2.16 bits per heavy atom. The van der Waals surface area contributed by atoms with Crippen molar-refractivity contribution < 1.29 is 14.3 Å². The van der Waals surface area contributed by atoms with Crippen LogP contribution in [0.4, 0.5) is 0 Å². The highest BCUT2D eigenvalue weighted by atomic mass is 16.5. The highest BCUT2D eigenvalue weighted by Gasteiger charge is 2.12. The van der Waals surface area contributed by atoms with E-state index >= 15 is 0 Å². The number of hydrogen-bond acceptors (Lipinski definition) is 5. The number of nitrogens with zero attached hydrogens (tertiary/aromatic N) is 3. The maximum atomic E-state index is 12.3. The van der Waals surface area contributed by atoms with Gasteiger partial charge in [0.15, 0.2) is 0 Å². The van der Waals surface area contributed by atoms with Crippen LogP contribution in [-0.2, 0) is 17.9 Å². The van der Waals surface area contributed by atoms with Crippen molar-refractivity contribution in [2.45, 2.75) is 13.2 Å². The molecule has 130 valence electrons. The smallest absolute Gasteiger partial charge is 0.254 e. The SMILES string of the molecule is COCc1cc(CNC(=O)c2cnn(-c3ccccc3OC)c2)[nH]n1. The highest BCUT2D eigenvalue weighted by Crippen LogP contribution is 2.21. The summed E-state index contributed by atoms with van der Waals surface area (Å²) in [6, 6.07) is 9.32. The molecule has 0 bridgehead atoms. The molecule has 1 amide bonds. The van der Waals surface area contributed by atoms with E-state index in [4.69, 9.17) is 9.47 Å². The minimum atomic E-state index is -0.218. The fourth-order valence-corrected chi connectivity index (χ4v) is 2.39. The lowest BCUT2D eigenvalue weighted by molar-refractivity contribution is 0.0950. The Labute approximate surface area is 144 Å². The molecule has 0 fully saturated rings. The predicted molar refractivity (Wildman–Crippen MR) is 90.6 cm³/mol. The van der Waals surface area contributed by atoms with Gasteiger partial charge in [-0.1, -0.05) is 12.1 Å². The summed E-state index contributed by atoms with van der Waals surface area (Å²) in [6.07, 6.45) is 3.18. The van der Waals surface area contributed by atoms with Gasteiger partial charge in [-0.25, -0.2) is 4.68 Å². The number of benzene rings is 1. The summed E-state index contributed by atoms with van der Waals surface area (Å²) in [5, 5.41) is 14.0. The van der Waals surface area contributed by atoms with Crippen LogP contribution in [0.5, 0.6) is 5.75 Å². The van der Waals surface area contributed by atoms with Crippen LogP contribution in [0.1, 0.15) is 21.7 Å². The molecule has 0 aliphatic heterocycles. The summed E-state index contributed by atoms with van der Waals surface area (Å²) in [6.45, 7) is 0.769. The Hall–Kier alpha value is -3.13. The monoisotopic (exact) mass is 341 g/mol. The molecule has 2 aromatic heterocycles. The van der Waals surface area contributed by atoms with Gasteiger partial charge in [0.2, 0.25) is 0 Å². The Bertz CT molecular complexity index is 855. The summed E-state index contributed by atoms with van der Waals surface area (Å²) in [5.41, 5.74) is 2.82. The van der Waals surface area contributed by atoms with E-state index in [1.807, 2.05) is 30.3 Å². The first-order chi connectivity index (χ1) is 12.2. The summed E-state index contributed by atoms with van der Waals surface area (Å²) < 4.78 is 11.9. The van der Waals surface area contributed by atoms with Crippen LogP contribution in [0.3, 0.4) is 0 Å². The Morgan fingerprint density at radius 1 is 1.32 bits per heavy atom. The van der Waals surface area contributed by atoms with Crippen LogP contribution in [0.25, 0.3) is 5.69 Å². The topological polar surface area (TPSA) is 94.1 Å². The van der Waals surface area contributed by atoms with Gasteiger partial charge in [-0.15, -0.1) is 0 Å². The van der Waals surface area contributed by atoms with E-state index in [0.29, 0.717) is 24.5 Å². The van der Waals surface area contributed by atoms with E-state index in [0.717, 1.165) is 17.1 Å². The van der Waals surface area contributed by atoms with Gasteiger partial charge >= 0.3 is 0 Å². The van der Waals surface area contributed by atoms with Gasteiger partial charge in [0.1, 0.15) is 11.4 Å². The first-order valence-electron chi connectivity index (χ1n) is 7.69. The summed E-state index contributed by atoms with van der Waals surface area (Å²) in [7, 11) is 3.20. The van der Waals surface area contributed by atoms with Crippen molar-refractivity contribution in [2.75, 3.05) is 14.2 Å². The fraction of sp³-hybridized carbons (Fsp3) is 0.235. The Kier molecular flexibility index (Phi) is 5.10. The first-order valence-corrected chi connectivity index (χ1v) is 7.69. The second-order valence-corrected chi connectivity index (χ2v) is 5.35. The molecule has 8 nitrogen and oxygen atoms in total. The third-order valence-electron chi connectivity index (χ3n) is 3.59. The Morgan fingerprint density at radius 3 is 2.96 bits per heavy atom. The molecule has 0 aliphatic rings. The van der Waals surface area contributed by atoms with Gasteiger partial charge in [-0.3, -0.25) is 9.89 Å². The Balaban J connectivity index is 1.66. The molecule has 0 saturated heterocycles. The van der Waals surface area contributed by atoms with E-state index in [1.54, 1.807) is 25.1 Å². The third kappa shape index (κ3) is 3.86. The van der Waals surface area contributed by atoms with Gasteiger partial charge in [0, 0.05) is 13.3 Å². The molecule has 2 heterocycles. The maximum absolute atomic E-state index is 12.3. The standard InChI is InChI=1S/C17H19N5O3/c1-24-11-14-7-13(20-21-14)9-18-17(23)12-8-19-22(10-12)15-5-3-4-6-16(15)25-2/h3-8,10H,9,11H2,1-2H3,(H,18,23)(H,20,21).